The minimum Gasteiger partial charge on any atom is -0.465 e. The van der Waals surface area contributed by atoms with Crippen LogP contribution in [0.1, 0.15) is 73.9 Å². The summed E-state index contributed by atoms with van der Waals surface area (Å²) in [6.07, 6.45) is 2.68. The average Bonchev–Trinajstić information content (AvgIpc) is 3.71. The molecule has 2 aliphatic heterocycles. The topological polar surface area (TPSA) is 117 Å². The van der Waals surface area contributed by atoms with Gasteiger partial charge in [0.25, 0.3) is 0 Å². The van der Waals surface area contributed by atoms with E-state index in [0.717, 1.165) is 24.0 Å². The fraction of sp³-hybridized carbons (Fsp3) is 0.364. The molecule has 2 saturated heterocycles. The van der Waals surface area contributed by atoms with Crippen molar-refractivity contribution in [2.45, 2.75) is 77.5 Å². The lowest BCUT2D eigenvalue weighted by Gasteiger charge is -2.33. The Hall–Kier alpha value is -5.46. The SMILES string of the molecule is CCCCOC(=O)[C@H]1[C@@H](c2ccc(C)cc2)N2[C@H](C(=O)OCCCC)[C@@H](C(=O)Nc3ccc(F)cc3)[C@@H](c3ccc(C)cc3)N2[C@H]1C(=O)Nc1ccc(F)cc1. The number of nitrogens with zero attached hydrogens (tertiary/aromatic N) is 2. The number of nitrogens with one attached hydrogen (secondary N) is 2. The third kappa shape index (κ3) is 8.66. The van der Waals surface area contributed by atoms with Crippen molar-refractivity contribution in [3.05, 3.63) is 131 Å². The molecule has 0 radical (unpaired) electrons. The predicted molar refractivity (Wildman–Crippen MR) is 208 cm³/mol. The molecular weight excluding hydrogens is 719 g/mol. The fourth-order valence-corrected chi connectivity index (χ4v) is 7.58. The number of ether oxygens (including phenoxy) is 2. The summed E-state index contributed by atoms with van der Waals surface area (Å²) in [5.41, 5.74) is 3.69. The first-order valence-electron chi connectivity index (χ1n) is 19.2. The van der Waals surface area contributed by atoms with Gasteiger partial charge in [-0.15, -0.1) is 0 Å². The van der Waals surface area contributed by atoms with E-state index in [0.29, 0.717) is 29.7 Å². The van der Waals surface area contributed by atoms with Crippen molar-refractivity contribution >= 4 is 35.1 Å². The number of carbonyl (C=O) groups is 4. The Labute approximate surface area is 326 Å². The van der Waals surface area contributed by atoms with Crippen LogP contribution in [0.3, 0.4) is 0 Å². The number of hydrazine groups is 1. The molecule has 10 nitrogen and oxygen atoms in total. The van der Waals surface area contributed by atoms with Gasteiger partial charge in [0.2, 0.25) is 11.8 Å². The van der Waals surface area contributed by atoms with Crippen LogP contribution in [0.4, 0.5) is 20.2 Å². The molecule has 56 heavy (non-hydrogen) atoms. The summed E-state index contributed by atoms with van der Waals surface area (Å²) in [6.45, 7) is 7.98. The molecule has 2 fully saturated rings. The van der Waals surface area contributed by atoms with Gasteiger partial charge in [0.1, 0.15) is 29.6 Å². The van der Waals surface area contributed by atoms with Gasteiger partial charge in [-0.1, -0.05) is 86.3 Å². The number of aryl methyl sites for hydroxylation is 2. The monoisotopic (exact) mass is 766 g/mol. The zero-order chi connectivity index (χ0) is 39.9. The summed E-state index contributed by atoms with van der Waals surface area (Å²) in [6, 6.07) is 20.8. The summed E-state index contributed by atoms with van der Waals surface area (Å²) in [5, 5.41) is 9.13. The van der Waals surface area contributed by atoms with Gasteiger partial charge in [-0.05, 0) is 86.3 Å². The van der Waals surface area contributed by atoms with Gasteiger partial charge < -0.3 is 20.1 Å². The molecule has 0 aromatic heterocycles. The molecule has 0 aliphatic carbocycles. The largest absolute Gasteiger partial charge is 0.465 e. The third-order valence-corrected chi connectivity index (χ3v) is 10.4. The molecule has 6 atom stereocenters. The number of benzene rings is 4. The maximum atomic E-state index is 14.9. The first-order valence-corrected chi connectivity index (χ1v) is 19.2. The van der Waals surface area contributed by atoms with E-state index in [4.69, 9.17) is 9.47 Å². The number of rotatable bonds is 14. The second-order valence-electron chi connectivity index (χ2n) is 14.4. The van der Waals surface area contributed by atoms with Crippen molar-refractivity contribution in [3.63, 3.8) is 0 Å². The fourth-order valence-electron chi connectivity index (χ4n) is 7.58. The van der Waals surface area contributed by atoms with Crippen molar-refractivity contribution in [2.75, 3.05) is 23.8 Å². The number of anilines is 2. The molecular formula is C44H48F2N4O6. The molecule has 6 rings (SSSR count). The molecule has 0 saturated carbocycles. The molecule has 2 N–H and O–H groups in total. The van der Waals surface area contributed by atoms with Crippen LogP contribution in [0.2, 0.25) is 0 Å². The summed E-state index contributed by atoms with van der Waals surface area (Å²) < 4.78 is 39.8. The van der Waals surface area contributed by atoms with Crippen LogP contribution >= 0.6 is 0 Å². The van der Waals surface area contributed by atoms with Crippen LogP contribution in [-0.2, 0) is 28.7 Å². The second-order valence-corrected chi connectivity index (χ2v) is 14.4. The van der Waals surface area contributed by atoms with E-state index in [2.05, 4.69) is 10.6 Å². The van der Waals surface area contributed by atoms with Gasteiger partial charge in [-0.3, -0.25) is 19.2 Å². The number of unbranched alkanes of at least 4 members (excludes halogenated alkanes) is 2. The Morgan fingerprint density at radius 2 is 0.964 bits per heavy atom. The molecule has 4 aromatic carbocycles. The third-order valence-electron chi connectivity index (χ3n) is 10.4. The molecule has 0 unspecified atom stereocenters. The molecule has 2 aliphatic rings. The summed E-state index contributed by atoms with van der Waals surface area (Å²) >= 11 is 0. The molecule has 2 heterocycles. The number of hydrogen-bond acceptors (Lipinski definition) is 8. The van der Waals surface area contributed by atoms with Gasteiger partial charge in [0.05, 0.1) is 31.2 Å². The molecule has 12 heteroatoms. The average molecular weight is 767 g/mol. The lowest BCUT2D eigenvalue weighted by atomic mass is 9.81. The zero-order valence-electron chi connectivity index (χ0n) is 32.0. The molecule has 2 amide bonds. The Morgan fingerprint density at radius 3 is 1.43 bits per heavy atom. The predicted octanol–water partition coefficient (Wildman–Crippen LogP) is 7.84. The highest BCUT2D eigenvalue weighted by atomic mass is 19.1. The van der Waals surface area contributed by atoms with Gasteiger partial charge in [-0.25, -0.2) is 18.8 Å². The van der Waals surface area contributed by atoms with Gasteiger partial charge in [0, 0.05) is 11.4 Å². The standard InChI is InChI=1S/C44H48F2N4O6/c1-5-7-25-55-43(53)36-38(30-15-11-28(4)12-16-30)50-40(44(54)56-26-8-6-2)35(41(51)47-33-21-17-31(45)18-22-33)37(29-13-9-27(3)10-14-29)49(50)39(36)42(52)48-34-23-19-32(46)20-24-34/h9-24,35-40H,5-8,25-26H2,1-4H3,(H,47,51)(H,48,52)/t35-,36-,37+,38+,39+,40-/m0/s1. The lowest BCUT2D eigenvalue weighted by Crippen LogP contribution is -2.48. The van der Waals surface area contributed by atoms with Crippen molar-refractivity contribution in [3.8, 4) is 0 Å². The number of halogens is 2. The van der Waals surface area contributed by atoms with Crippen molar-refractivity contribution < 1.29 is 37.4 Å². The van der Waals surface area contributed by atoms with E-state index >= 15 is 0 Å². The van der Waals surface area contributed by atoms with E-state index in [1.807, 2.05) is 76.2 Å². The first-order chi connectivity index (χ1) is 27.0. The van der Waals surface area contributed by atoms with Crippen molar-refractivity contribution in [2.24, 2.45) is 11.8 Å². The highest BCUT2D eigenvalue weighted by Crippen LogP contribution is 2.56. The van der Waals surface area contributed by atoms with E-state index in [9.17, 15) is 28.0 Å². The van der Waals surface area contributed by atoms with Gasteiger partial charge in [0.15, 0.2) is 0 Å². The van der Waals surface area contributed by atoms with Crippen molar-refractivity contribution in [1.29, 1.82) is 0 Å². The first kappa shape index (κ1) is 40.2. The zero-order valence-corrected chi connectivity index (χ0v) is 32.0. The van der Waals surface area contributed by atoms with E-state index in [1.165, 1.54) is 48.5 Å². The minimum atomic E-state index is -1.33. The number of fused-ring (bicyclic) bond motifs is 1. The van der Waals surface area contributed by atoms with Gasteiger partial charge >= 0.3 is 11.9 Å². The van der Waals surface area contributed by atoms with Crippen molar-refractivity contribution in [1.82, 2.24) is 10.0 Å². The second kappa shape index (κ2) is 18.0. The quantitative estimate of drug-likeness (QED) is 0.0986. The highest BCUT2D eigenvalue weighted by Gasteiger charge is 2.68. The van der Waals surface area contributed by atoms with Crippen LogP contribution in [0.15, 0.2) is 97.1 Å². The van der Waals surface area contributed by atoms with E-state index in [-0.39, 0.29) is 18.9 Å². The maximum Gasteiger partial charge on any atom is 0.325 e. The minimum absolute atomic E-state index is 0.0906. The van der Waals surface area contributed by atoms with E-state index in [1.54, 1.807) is 10.0 Å². The number of amides is 2. The van der Waals surface area contributed by atoms with Crippen LogP contribution in [0.25, 0.3) is 0 Å². The van der Waals surface area contributed by atoms with E-state index < -0.39 is 71.4 Å². The smallest absolute Gasteiger partial charge is 0.325 e. The normalized spacial score (nSPS) is 22.0. The summed E-state index contributed by atoms with van der Waals surface area (Å²) in [7, 11) is 0. The summed E-state index contributed by atoms with van der Waals surface area (Å²) in [4.78, 5) is 58.9. The molecule has 4 aromatic rings. The Bertz CT molecular complexity index is 1990. The van der Waals surface area contributed by atoms with Crippen LogP contribution < -0.4 is 10.6 Å². The number of hydrogen-bond donors (Lipinski definition) is 2. The Balaban J connectivity index is 1.59. The number of esters is 2. The van der Waals surface area contributed by atoms with Crippen LogP contribution in [-0.4, -0.2) is 59.1 Å². The molecule has 0 bridgehead atoms. The Morgan fingerprint density at radius 1 is 0.554 bits per heavy atom. The lowest BCUT2D eigenvalue weighted by molar-refractivity contribution is -0.158. The number of carbonyl (C=O) groups excluding carboxylic acids is 4. The van der Waals surface area contributed by atoms with Crippen LogP contribution in [0, 0.1) is 37.3 Å². The van der Waals surface area contributed by atoms with Crippen LogP contribution in [0.5, 0.6) is 0 Å². The molecule has 294 valence electrons. The highest BCUT2D eigenvalue weighted by molar-refractivity contribution is 6.01. The maximum absolute atomic E-state index is 14.9. The Kier molecular flexibility index (Phi) is 12.9. The van der Waals surface area contributed by atoms with Gasteiger partial charge in [-0.2, -0.15) is 0 Å². The molecule has 0 spiro atoms. The summed E-state index contributed by atoms with van der Waals surface area (Å²) in [5.74, 6) is -5.93.